The number of aliphatic carboxylic acids is 1. The van der Waals surface area contributed by atoms with Crippen LogP contribution in [0.25, 0.3) is 22.6 Å². The highest BCUT2D eigenvalue weighted by Crippen LogP contribution is 2.27. The van der Waals surface area contributed by atoms with Crippen LogP contribution in [-0.2, 0) is 4.79 Å². The van der Waals surface area contributed by atoms with Crippen LogP contribution in [0.3, 0.4) is 0 Å². The zero-order valence-corrected chi connectivity index (χ0v) is 10.2. The van der Waals surface area contributed by atoms with Gasteiger partial charge in [0.2, 0.25) is 5.89 Å². The normalized spacial score (nSPS) is 10.6. The Morgan fingerprint density at radius 1 is 1.00 bits per heavy atom. The fourth-order valence-electron chi connectivity index (χ4n) is 1.97. The fraction of sp³-hybridized carbons (Fsp3) is 0. The summed E-state index contributed by atoms with van der Waals surface area (Å²) in [5, 5.41) is 8.85. The molecule has 0 unspecified atom stereocenters. The van der Waals surface area contributed by atoms with Crippen LogP contribution in [0, 0.1) is 0 Å². The zero-order valence-electron chi connectivity index (χ0n) is 10.2. The summed E-state index contributed by atoms with van der Waals surface area (Å²) in [7, 11) is 0. The van der Waals surface area contributed by atoms with Gasteiger partial charge < -0.3 is 9.52 Å². The van der Waals surface area contributed by atoms with E-state index in [9.17, 15) is 9.59 Å². The van der Waals surface area contributed by atoms with E-state index in [0.29, 0.717) is 16.7 Å². The molecular weight excluding hydrogens is 258 g/mol. The van der Waals surface area contributed by atoms with Crippen LogP contribution >= 0.6 is 0 Å². The number of para-hydroxylation sites is 2. The highest BCUT2D eigenvalue weighted by molar-refractivity contribution is 6.41. The van der Waals surface area contributed by atoms with Crippen LogP contribution in [-0.4, -0.2) is 21.8 Å². The van der Waals surface area contributed by atoms with Gasteiger partial charge in [-0.15, -0.1) is 0 Å². The van der Waals surface area contributed by atoms with E-state index in [2.05, 4.69) is 4.98 Å². The van der Waals surface area contributed by atoms with Crippen molar-refractivity contribution in [2.24, 2.45) is 0 Å². The van der Waals surface area contributed by atoms with Crippen LogP contribution in [0.2, 0.25) is 0 Å². The second-order valence-electron chi connectivity index (χ2n) is 4.17. The van der Waals surface area contributed by atoms with Crippen molar-refractivity contribution in [3.8, 4) is 11.5 Å². The second kappa shape index (κ2) is 4.62. The number of benzene rings is 2. The molecule has 3 aromatic rings. The number of hydrogen-bond acceptors (Lipinski definition) is 4. The summed E-state index contributed by atoms with van der Waals surface area (Å²) in [6.07, 6.45) is 0. The molecule has 5 heteroatoms. The molecule has 2 aromatic carbocycles. The van der Waals surface area contributed by atoms with Gasteiger partial charge in [-0.25, -0.2) is 9.78 Å². The van der Waals surface area contributed by atoms with Gasteiger partial charge in [-0.1, -0.05) is 24.3 Å². The van der Waals surface area contributed by atoms with Crippen LogP contribution in [0.15, 0.2) is 52.9 Å². The van der Waals surface area contributed by atoms with Crippen LogP contribution in [0.5, 0.6) is 0 Å². The van der Waals surface area contributed by atoms with Crippen molar-refractivity contribution in [2.75, 3.05) is 0 Å². The third-order valence-corrected chi connectivity index (χ3v) is 2.89. The van der Waals surface area contributed by atoms with E-state index in [0.717, 1.165) is 0 Å². The summed E-state index contributed by atoms with van der Waals surface area (Å²) in [6.45, 7) is 0. The van der Waals surface area contributed by atoms with Gasteiger partial charge in [0.25, 0.3) is 5.78 Å². The Hall–Kier alpha value is -2.95. The zero-order chi connectivity index (χ0) is 14.1. The minimum atomic E-state index is -1.51. The molecule has 3 rings (SSSR count). The van der Waals surface area contributed by atoms with Gasteiger partial charge in [0.15, 0.2) is 5.58 Å². The molecule has 0 radical (unpaired) electrons. The minimum absolute atomic E-state index is 0.0616. The smallest absolute Gasteiger partial charge is 0.377 e. The van der Waals surface area contributed by atoms with E-state index in [4.69, 9.17) is 9.52 Å². The van der Waals surface area contributed by atoms with Gasteiger partial charge in [-0.05, 0) is 24.3 Å². The first-order valence-corrected chi connectivity index (χ1v) is 5.89. The highest BCUT2D eigenvalue weighted by atomic mass is 16.4. The third kappa shape index (κ3) is 1.95. The molecule has 0 saturated heterocycles. The number of aromatic nitrogens is 1. The Kier molecular flexibility index (Phi) is 2.80. The van der Waals surface area contributed by atoms with Crippen molar-refractivity contribution in [1.82, 2.24) is 4.98 Å². The number of hydrogen-bond donors (Lipinski definition) is 1. The summed E-state index contributed by atoms with van der Waals surface area (Å²) in [6, 6.07) is 13.5. The lowest BCUT2D eigenvalue weighted by atomic mass is 10.0. The average Bonchev–Trinajstić information content (AvgIpc) is 2.90. The maximum atomic E-state index is 11.7. The van der Waals surface area contributed by atoms with Gasteiger partial charge >= 0.3 is 5.97 Å². The van der Waals surface area contributed by atoms with Gasteiger partial charge in [0.1, 0.15) is 5.52 Å². The van der Waals surface area contributed by atoms with E-state index in [1.54, 1.807) is 30.3 Å². The molecule has 1 N–H and O–H groups in total. The molecule has 0 aliphatic rings. The Bertz CT molecular complexity index is 786. The Morgan fingerprint density at radius 3 is 2.45 bits per heavy atom. The number of Topliss-reactive ketones (excluding diaryl/α,β-unsaturated/α-hetero) is 1. The van der Waals surface area contributed by atoms with Gasteiger partial charge in [0.05, 0.1) is 0 Å². The highest BCUT2D eigenvalue weighted by Gasteiger charge is 2.21. The summed E-state index contributed by atoms with van der Waals surface area (Å²) in [5.74, 6) is -2.26. The molecule has 5 nitrogen and oxygen atoms in total. The van der Waals surface area contributed by atoms with E-state index in [-0.39, 0.29) is 11.5 Å². The molecule has 0 aliphatic heterocycles. The van der Waals surface area contributed by atoms with Crippen molar-refractivity contribution >= 4 is 22.9 Å². The summed E-state index contributed by atoms with van der Waals surface area (Å²) in [4.78, 5) is 26.8. The first kappa shape index (κ1) is 12.1. The van der Waals surface area contributed by atoms with Crippen molar-refractivity contribution in [3.05, 3.63) is 54.1 Å². The van der Waals surface area contributed by atoms with E-state index in [1.165, 1.54) is 6.07 Å². The number of rotatable bonds is 3. The molecular formula is C15H9NO4. The monoisotopic (exact) mass is 267 g/mol. The Morgan fingerprint density at radius 2 is 1.70 bits per heavy atom. The van der Waals surface area contributed by atoms with Crippen LogP contribution in [0.1, 0.15) is 10.4 Å². The van der Waals surface area contributed by atoms with Crippen molar-refractivity contribution in [2.45, 2.75) is 0 Å². The lowest BCUT2D eigenvalue weighted by molar-refractivity contribution is -0.131. The quantitative estimate of drug-likeness (QED) is 0.583. The predicted octanol–water partition coefficient (Wildman–Crippen LogP) is 2.76. The number of fused-ring (bicyclic) bond motifs is 1. The molecule has 0 aliphatic carbocycles. The lowest BCUT2D eigenvalue weighted by Crippen LogP contribution is -2.13. The average molecular weight is 267 g/mol. The second-order valence-corrected chi connectivity index (χ2v) is 4.17. The first-order valence-electron chi connectivity index (χ1n) is 5.89. The summed E-state index contributed by atoms with van der Waals surface area (Å²) in [5.41, 5.74) is 1.67. The number of carbonyl (C=O) groups is 2. The molecule has 0 atom stereocenters. The van der Waals surface area contributed by atoms with Gasteiger partial charge in [-0.3, -0.25) is 4.79 Å². The molecule has 20 heavy (non-hydrogen) atoms. The first-order chi connectivity index (χ1) is 9.66. The molecule has 0 fully saturated rings. The van der Waals surface area contributed by atoms with E-state index in [1.807, 2.05) is 12.1 Å². The number of oxazole rings is 1. The molecule has 0 spiro atoms. The largest absolute Gasteiger partial charge is 0.475 e. The number of nitrogens with zero attached hydrogens (tertiary/aromatic N) is 1. The topological polar surface area (TPSA) is 80.4 Å². The minimum Gasteiger partial charge on any atom is -0.475 e. The SMILES string of the molecule is O=C(O)C(=O)c1ccccc1-c1nc2ccccc2o1. The number of carboxylic acid groups (broad SMARTS) is 1. The van der Waals surface area contributed by atoms with Gasteiger partial charge in [-0.2, -0.15) is 0 Å². The Labute approximate surface area is 113 Å². The molecule has 1 heterocycles. The van der Waals surface area contributed by atoms with Crippen LogP contribution in [0.4, 0.5) is 0 Å². The maximum absolute atomic E-state index is 11.7. The molecule has 0 amide bonds. The molecule has 0 bridgehead atoms. The van der Waals surface area contributed by atoms with Crippen LogP contribution < -0.4 is 0 Å². The molecule has 0 saturated carbocycles. The summed E-state index contributed by atoms with van der Waals surface area (Å²) >= 11 is 0. The number of ketones is 1. The van der Waals surface area contributed by atoms with Crippen molar-refractivity contribution in [3.63, 3.8) is 0 Å². The Balaban J connectivity index is 2.19. The number of carboxylic acids is 1. The third-order valence-electron chi connectivity index (χ3n) is 2.89. The van der Waals surface area contributed by atoms with E-state index >= 15 is 0 Å². The lowest BCUT2D eigenvalue weighted by Gasteiger charge is -2.02. The maximum Gasteiger partial charge on any atom is 0.377 e. The van der Waals surface area contributed by atoms with Gasteiger partial charge in [0, 0.05) is 11.1 Å². The van der Waals surface area contributed by atoms with Crippen molar-refractivity contribution in [1.29, 1.82) is 0 Å². The predicted molar refractivity (Wildman–Crippen MR) is 71.4 cm³/mol. The summed E-state index contributed by atoms with van der Waals surface area (Å²) < 4.78 is 5.57. The number of carbonyl (C=O) groups excluding carboxylic acids is 1. The molecule has 98 valence electrons. The van der Waals surface area contributed by atoms with E-state index < -0.39 is 11.8 Å². The van der Waals surface area contributed by atoms with Crippen molar-refractivity contribution < 1.29 is 19.1 Å². The molecule has 1 aromatic heterocycles. The fourth-order valence-corrected chi connectivity index (χ4v) is 1.97. The standard InChI is InChI=1S/C15H9NO4/c17-13(15(18)19)9-5-1-2-6-10(9)14-16-11-7-3-4-8-12(11)20-14/h1-8H,(H,18,19).